The molecule has 0 saturated heterocycles. The summed E-state index contributed by atoms with van der Waals surface area (Å²) in [5, 5.41) is 1.18. The lowest BCUT2D eigenvalue weighted by atomic mass is 9.98. The first-order valence-electron chi connectivity index (χ1n) is 7.37. The Morgan fingerprint density at radius 3 is 1.81 bits per heavy atom. The zero-order valence-electron chi connectivity index (χ0n) is 11.4. The zero-order chi connectivity index (χ0) is 12.1. The Balaban J connectivity index is 3.02. The van der Waals surface area contributed by atoms with Crippen LogP contribution in [0.4, 0.5) is 0 Å². The summed E-state index contributed by atoms with van der Waals surface area (Å²) in [6, 6.07) is 0. The molecular weight excluding hydrogens is 260 g/mol. The molecule has 0 aliphatic rings. The fourth-order valence-electron chi connectivity index (χ4n) is 2.20. The Bertz CT molecular complexity index is 123. The summed E-state index contributed by atoms with van der Waals surface area (Å²) in [5.41, 5.74) is 0. The van der Waals surface area contributed by atoms with Gasteiger partial charge in [0.15, 0.2) is 0 Å². The van der Waals surface area contributed by atoms with Crippen LogP contribution in [0, 0.1) is 5.92 Å². The maximum Gasteiger partial charge on any atom is 0.00314 e. The summed E-state index contributed by atoms with van der Waals surface area (Å²) in [4.78, 5) is 0. The van der Waals surface area contributed by atoms with Crippen LogP contribution < -0.4 is 0 Å². The predicted octanol–water partition coefficient (Wildman–Crippen LogP) is 6.33. The molecule has 0 spiro atoms. The minimum atomic E-state index is 0.942. The third-order valence-electron chi connectivity index (χ3n) is 3.38. The van der Waals surface area contributed by atoms with E-state index in [0.717, 1.165) is 5.92 Å². The monoisotopic (exact) mass is 290 g/mol. The van der Waals surface area contributed by atoms with Gasteiger partial charge in [-0.2, -0.15) is 0 Å². The summed E-state index contributed by atoms with van der Waals surface area (Å²) < 4.78 is 0. The molecule has 0 aromatic carbocycles. The lowest BCUT2D eigenvalue weighted by Crippen LogP contribution is -1.95. The Labute approximate surface area is 112 Å². The molecule has 0 N–H and O–H groups in total. The van der Waals surface area contributed by atoms with E-state index in [1.165, 1.54) is 76.0 Å². The third kappa shape index (κ3) is 12.5. The van der Waals surface area contributed by atoms with Gasteiger partial charge < -0.3 is 0 Å². The molecule has 0 aromatic rings. The highest BCUT2D eigenvalue weighted by atomic mass is 79.9. The van der Waals surface area contributed by atoms with Gasteiger partial charge in [-0.05, 0) is 18.8 Å². The highest BCUT2D eigenvalue weighted by molar-refractivity contribution is 9.09. The Morgan fingerprint density at radius 1 is 0.750 bits per heavy atom. The van der Waals surface area contributed by atoms with E-state index in [9.17, 15) is 0 Å². The predicted molar refractivity (Wildman–Crippen MR) is 79.4 cm³/mol. The van der Waals surface area contributed by atoms with Crippen LogP contribution in [0.1, 0.15) is 84.5 Å². The van der Waals surface area contributed by atoms with Crippen LogP contribution in [0.25, 0.3) is 0 Å². The van der Waals surface area contributed by atoms with Crippen LogP contribution >= 0.6 is 15.9 Å². The minimum Gasteiger partial charge on any atom is -0.0928 e. The Hall–Kier alpha value is 0.480. The largest absolute Gasteiger partial charge is 0.0928 e. The normalized spacial score (nSPS) is 12.9. The standard InChI is InChI=1S/C15H31Br/c1-3-4-5-6-7-8-9-10-12-15(2)13-11-14-16/h15H,3-14H2,1-2H3/t15-/m0/s1. The van der Waals surface area contributed by atoms with Crippen LogP contribution in [0.2, 0.25) is 0 Å². The van der Waals surface area contributed by atoms with E-state index in [4.69, 9.17) is 0 Å². The topological polar surface area (TPSA) is 0 Å². The summed E-state index contributed by atoms with van der Waals surface area (Å²) in [6.45, 7) is 4.69. The number of unbranched alkanes of at least 4 members (excludes halogenated alkanes) is 7. The number of alkyl halides is 1. The molecule has 0 heterocycles. The van der Waals surface area contributed by atoms with E-state index in [-0.39, 0.29) is 0 Å². The van der Waals surface area contributed by atoms with Crippen molar-refractivity contribution in [2.24, 2.45) is 5.92 Å². The number of hydrogen-bond donors (Lipinski definition) is 0. The second-order valence-electron chi connectivity index (χ2n) is 5.20. The molecule has 1 atom stereocenters. The van der Waals surface area contributed by atoms with Crippen LogP contribution in [-0.4, -0.2) is 5.33 Å². The summed E-state index contributed by atoms with van der Waals surface area (Å²) in [6.07, 6.45) is 15.8. The van der Waals surface area contributed by atoms with Gasteiger partial charge in [0.1, 0.15) is 0 Å². The molecule has 1 heteroatoms. The van der Waals surface area contributed by atoms with Crippen molar-refractivity contribution >= 4 is 15.9 Å². The number of halogens is 1. The second-order valence-corrected chi connectivity index (χ2v) is 5.99. The Morgan fingerprint density at radius 2 is 1.25 bits per heavy atom. The molecule has 0 nitrogen and oxygen atoms in total. The van der Waals surface area contributed by atoms with Crippen molar-refractivity contribution in [2.45, 2.75) is 84.5 Å². The fraction of sp³-hybridized carbons (Fsp3) is 1.00. The van der Waals surface area contributed by atoms with E-state index in [0.29, 0.717) is 0 Å². The van der Waals surface area contributed by atoms with Gasteiger partial charge in [0.05, 0.1) is 0 Å². The molecule has 0 saturated carbocycles. The summed E-state index contributed by atoms with van der Waals surface area (Å²) in [7, 11) is 0. The van der Waals surface area contributed by atoms with Gasteiger partial charge in [-0.15, -0.1) is 0 Å². The smallest absolute Gasteiger partial charge is 0.00314 e. The second kappa shape index (κ2) is 13.5. The number of rotatable bonds is 12. The first kappa shape index (κ1) is 16.5. The van der Waals surface area contributed by atoms with Gasteiger partial charge in [-0.25, -0.2) is 0 Å². The molecule has 0 aliphatic carbocycles. The van der Waals surface area contributed by atoms with Crippen LogP contribution in [0.5, 0.6) is 0 Å². The van der Waals surface area contributed by atoms with Crippen molar-refractivity contribution in [3.63, 3.8) is 0 Å². The molecule has 0 aromatic heterocycles. The molecule has 0 amide bonds. The van der Waals surface area contributed by atoms with E-state index in [1.807, 2.05) is 0 Å². The van der Waals surface area contributed by atoms with E-state index in [2.05, 4.69) is 29.8 Å². The maximum atomic E-state index is 3.50. The van der Waals surface area contributed by atoms with Crippen molar-refractivity contribution in [1.29, 1.82) is 0 Å². The third-order valence-corrected chi connectivity index (χ3v) is 3.94. The van der Waals surface area contributed by atoms with Gasteiger partial charge in [0.2, 0.25) is 0 Å². The SMILES string of the molecule is CCCCCCCCCC[C@H](C)CCCBr. The molecule has 0 fully saturated rings. The molecule has 98 valence electrons. The van der Waals surface area contributed by atoms with Crippen LogP contribution in [-0.2, 0) is 0 Å². The molecule has 16 heavy (non-hydrogen) atoms. The molecule has 0 radical (unpaired) electrons. The lowest BCUT2D eigenvalue weighted by Gasteiger charge is -2.09. The Kier molecular flexibility index (Phi) is 14.0. The summed E-state index contributed by atoms with van der Waals surface area (Å²) >= 11 is 3.50. The van der Waals surface area contributed by atoms with Crippen molar-refractivity contribution in [1.82, 2.24) is 0 Å². The van der Waals surface area contributed by atoms with Crippen molar-refractivity contribution in [3.05, 3.63) is 0 Å². The fourth-order valence-corrected chi connectivity index (χ4v) is 2.52. The van der Waals surface area contributed by atoms with E-state index < -0.39 is 0 Å². The van der Waals surface area contributed by atoms with Crippen LogP contribution in [0.15, 0.2) is 0 Å². The molecule has 0 unspecified atom stereocenters. The van der Waals surface area contributed by atoms with E-state index >= 15 is 0 Å². The van der Waals surface area contributed by atoms with Crippen molar-refractivity contribution in [3.8, 4) is 0 Å². The molecular formula is C15H31Br. The summed E-state index contributed by atoms with van der Waals surface area (Å²) in [5.74, 6) is 0.942. The number of hydrogen-bond acceptors (Lipinski definition) is 0. The average molecular weight is 291 g/mol. The maximum absolute atomic E-state index is 3.50. The molecule has 0 bridgehead atoms. The average Bonchev–Trinajstić information content (AvgIpc) is 2.30. The van der Waals surface area contributed by atoms with E-state index in [1.54, 1.807) is 0 Å². The first-order valence-corrected chi connectivity index (χ1v) is 8.49. The molecule has 0 rings (SSSR count). The highest BCUT2D eigenvalue weighted by Gasteiger charge is 2.00. The van der Waals surface area contributed by atoms with Gasteiger partial charge in [0.25, 0.3) is 0 Å². The van der Waals surface area contributed by atoms with Crippen LogP contribution in [0.3, 0.4) is 0 Å². The highest BCUT2D eigenvalue weighted by Crippen LogP contribution is 2.16. The van der Waals surface area contributed by atoms with Gasteiger partial charge >= 0.3 is 0 Å². The van der Waals surface area contributed by atoms with Gasteiger partial charge in [0, 0.05) is 5.33 Å². The first-order chi connectivity index (χ1) is 7.81. The zero-order valence-corrected chi connectivity index (χ0v) is 13.0. The molecule has 0 aliphatic heterocycles. The van der Waals surface area contributed by atoms with Gasteiger partial charge in [-0.1, -0.05) is 87.6 Å². The minimum absolute atomic E-state index is 0.942. The lowest BCUT2D eigenvalue weighted by molar-refractivity contribution is 0.452. The quantitative estimate of drug-likeness (QED) is 0.291. The van der Waals surface area contributed by atoms with Crippen molar-refractivity contribution in [2.75, 3.05) is 5.33 Å². The van der Waals surface area contributed by atoms with Gasteiger partial charge in [-0.3, -0.25) is 0 Å². The van der Waals surface area contributed by atoms with Crippen molar-refractivity contribution < 1.29 is 0 Å².